The average Bonchev–Trinajstić information content (AvgIpc) is 2.42. The van der Waals surface area contributed by atoms with Gasteiger partial charge < -0.3 is 15.5 Å². The van der Waals surface area contributed by atoms with Crippen LogP contribution in [0, 0.1) is 10.1 Å². The van der Waals surface area contributed by atoms with Gasteiger partial charge >= 0.3 is 5.69 Å². The van der Waals surface area contributed by atoms with E-state index in [4.69, 9.17) is 0 Å². The Morgan fingerprint density at radius 1 is 1.50 bits per heavy atom. The molecule has 0 spiro atoms. The molecule has 0 atom stereocenters. The maximum Gasteiger partial charge on any atom is 0.329 e. The number of nitrogens with zero attached hydrogens (tertiary/aromatic N) is 4. The van der Waals surface area contributed by atoms with Gasteiger partial charge in [-0.25, -0.2) is 4.98 Å². The summed E-state index contributed by atoms with van der Waals surface area (Å²) in [5.41, 5.74) is -0.0782. The third-order valence-electron chi connectivity index (χ3n) is 3.36. The van der Waals surface area contributed by atoms with Crippen LogP contribution in [0.1, 0.15) is 19.8 Å². The molecule has 8 heteroatoms. The molecule has 0 amide bonds. The molecule has 110 valence electrons. The van der Waals surface area contributed by atoms with Crippen molar-refractivity contribution in [3.8, 4) is 0 Å². The van der Waals surface area contributed by atoms with Crippen LogP contribution in [0.5, 0.6) is 0 Å². The summed E-state index contributed by atoms with van der Waals surface area (Å²) in [4.78, 5) is 21.0. The summed E-state index contributed by atoms with van der Waals surface area (Å²) >= 11 is 0. The Balaban J connectivity index is 2.14. The van der Waals surface area contributed by atoms with Crippen molar-refractivity contribution in [3.63, 3.8) is 0 Å². The molecule has 0 saturated carbocycles. The van der Waals surface area contributed by atoms with Gasteiger partial charge in [0.15, 0.2) is 0 Å². The van der Waals surface area contributed by atoms with E-state index in [1.807, 2.05) is 6.92 Å². The van der Waals surface area contributed by atoms with Gasteiger partial charge in [-0.2, -0.15) is 4.98 Å². The highest BCUT2D eigenvalue weighted by Gasteiger charge is 2.22. The van der Waals surface area contributed by atoms with Gasteiger partial charge in [0.1, 0.15) is 6.20 Å². The number of aromatic nitrogens is 2. The molecular weight excluding hydrogens is 260 g/mol. The third-order valence-corrected chi connectivity index (χ3v) is 3.36. The molecular formula is C12H20N6O2. The minimum absolute atomic E-state index is 0.0782. The molecule has 1 aliphatic rings. The van der Waals surface area contributed by atoms with Crippen molar-refractivity contribution in [3.05, 3.63) is 16.3 Å². The molecule has 8 nitrogen and oxygen atoms in total. The van der Waals surface area contributed by atoms with Crippen molar-refractivity contribution in [1.29, 1.82) is 0 Å². The third kappa shape index (κ3) is 3.53. The molecule has 0 unspecified atom stereocenters. The van der Waals surface area contributed by atoms with Gasteiger partial charge in [0.25, 0.3) is 0 Å². The fourth-order valence-corrected chi connectivity index (χ4v) is 2.20. The van der Waals surface area contributed by atoms with Crippen LogP contribution in [0.15, 0.2) is 6.20 Å². The molecule has 2 heterocycles. The molecule has 1 fully saturated rings. The quantitative estimate of drug-likeness (QED) is 0.620. The van der Waals surface area contributed by atoms with Gasteiger partial charge in [0, 0.05) is 12.6 Å². The highest BCUT2D eigenvalue weighted by molar-refractivity contribution is 5.57. The fraction of sp³-hybridized carbons (Fsp3) is 0.667. The maximum atomic E-state index is 11.0. The smallest absolute Gasteiger partial charge is 0.329 e. The van der Waals surface area contributed by atoms with E-state index >= 15 is 0 Å². The largest absolute Gasteiger partial charge is 0.361 e. The summed E-state index contributed by atoms with van der Waals surface area (Å²) in [6.45, 7) is 4.56. The molecule has 20 heavy (non-hydrogen) atoms. The first-order chi connectivity index (χ1) is 9.60. The van der Waals surface area contributed by atoms with Crippen LogP contribution in [0.25, 0.3) is 0 Å². The van der Waals surface area contributed by atoms with E-state index in [2.05, 4.69) is 32.5 Å². The van der Waals surface area contributed by atoms with E-state index in [-0.39, 0.29) is 11.7 Å². The molecule has 1 saturated heterocycles. The van der Waals surface area contributed by atoms with E-state index in [0.717, 1.165) is 25.9 Å². The second-order valence-electron chi connectivity index (χ2n) is 4.94. The second-order valence-corrected chi connectivity index (χ2v) is 4.94. The molecule has 0 bridgehead atoms. The molecule has 0 aromatic carbocycles. The van der Waals surface area contributed by atoms with Crippen molar-refractivity contribution < 1.29 is 4.92 Å². The minimum Gasteiger partial charge on any atom is -0.361 e. The average molecular weight is 280 g/mol. The number of nitrogens with one attached hydrogen (secondary N) is 2. The van der Waals surface area contributed by atoms with E-state index < -0.39 is 4.92 Å². The Morgan fingerprint density at radius 2 is 2.20 bits per heavy atom. The summed E-state index contributed by atoms with van der Waals surface area (Å²) in [6, 6.07) is 0.217. The van der Waals surface area contributed by atoms with Crippen LogP contribution in [0.3, 0.4) is 0 Å². The highest BCUT2D eigenvalue weighted by Crippen LogP contribution is 2.24. The van der Waals surface area contributed by atoms with Crippen LogP contribution in [0.2, 0.25) is 0 Å². The van der Waals surface area contributed by atoms with Gasteiger partial charge in [-0.05, 0) is 39.9 Å². The zero-order valence-corrected chi connectivity index (χ0v) is 11.8. The van der Waals surface area contributed by atoms with Crippen LogP contribution >= 0.6 is 0 Å². The zero-order chi connectivity index (χ0) is 14.5. The first-order valence-corrected chi connectivity index (χ1v) is 6.80. The number of nitro groups is 1. The Kier molecular flexibility index (Phi) is 4.67. The van der Waals surface area contributed by atoms with Crippen LogP contribution in [0.4, 0.5) is 17.5 Å². The Hall–Kier alpha value is -1.96. The predicted molar refractivity (Wildman–Crippen MR) is 77.0 cm³/mol. The Labute approximate surface area is 117 Å². The number of hydrogen-bond donors (Lipinski definition) is 2. The molecule has 0 aliphatic carbocycles. The van der Waals surface area contributed by atoms with E-state index in [9.17, 15) is 10.1 Å². The second kappa shape index (κ2) is 6.47. The highest BCUT2D eigenvalue weighted by atomic mass is 16.6. The lowest BCUT2D eigenvalue weighted by Gasteiger charge is -2.29. The van der Waals surface area contributed by atoms with E-state index in [0.29, 0.717) is 18.3 Å². The van der Waals surface area contributed by atoms with Crippen molar-refractivity contribution in [2.45, 2.75) is 25.8 Å². The summed E-state index contributed by atoms with van der Waals surface area (Å²) in [6.07, 6.45) is 3.16. The summed E-state index contributed by atoms with van der Waals surface area (Å²) < 4.78 is 0. The lowest BCUT2D eigenvalue weighted by Crippen LogP contribution is -2.37. The molecule has 1 aromatic heterocycles. The van der Waals surface area contributed by atoms with Gasteiger partial charge in [0.2, 0.25) is 11.8 Å². The molecule has 2 N–H and O–H groups in total. The summed E-state index contributed by atoms with van der Waals surface area (Å²) in [5, 5.41) is 17.2. The van der Waals surface area contributed by atoms with Crippen LogP contribution < -0.4 is 10.6 Å². The Morgan fingerprint density at radius 3 is 2.80 bits per heavy atom. The molecule has 2 rings (SSSR count). The monoisotopic (exact) mass is 280 g/mol. The topological polar surface area (TPSA) is 96.2 Å². The normalized spacial score (nSPS) is 16.9. The molecule has 1 aliphatic heterocycles. The van der Waals surface area contributed by atoms with Gasteiger partial charge in [0.05, 0.1) is 4.92 Å². The standard InChI is InChI=1S/C12H20N6O2/c1-3-13-12-14-8-10(18(19)20)11(16-12)15-9-4-6-17(2)7-5-9/h8-9H,3-7H2,1-2H3,(H2,13,14,15,16). The first kappa shape index (κ1) is 14.4. The van der Waals surface area contributed by atoms with Crippen molar-refractivity contribution in [2.75, 3.05) is 37.3 Å². The lowest BCUT2D eigenvalue weighted by molar-refractivity contribution is -0.384. The minimum atomic E-state index is -0.451. The van der Waals surface area contributed by atoms with E-state index in [1.54, 1.807) is 0 Å². The number of piperidine rings is 1. The zero-order valence-electron chi connectivity index (χ0n) is 11.8. The van der Waals surface area contributed by atoms with Gasteiger partial charge in [-0.3, -0.25) is 10.1 Å². The first-order valence-electron chi connectivity index (χ1n) is 6.80. The lowest BCUT2D eigenvalue weighted by atomic mass is 10.1. The van der Waals surface area contributed by atoms with Gasteiger partial charge in [-0.15, -0.1) is 0 Å². The van der Waals surface area contributed by atoms with Crippen LogP contribution in [-0.2, 0) is 0 Å². The van der Waals surface area contributed by atoms with Crippen molar-refractivity contribution in [2.24, 2.45) is 0 Å². The predicted octanol–water partition coefficient (Wildman–Crippen LogP) is 1.32. The number of hydrogen-bond acceptors (Lipinski definition) is 7. The van der Waals surface area contributed by atoms with Crippen molar-refractivity contribution in [1.82, 2.24) is 14.9 Å². The van der Waals surface area contributed by atoms with E-state index in [1.165, 1.54) is 6.20 Å². The molecule has 1 aromatic rings. The maximum absolute atomic E-state index is 11.0. The summed E-state index contributed by atoms with van der Waals surface area (Å²) in [5.74, 6) is 0.712. The van der Waals surface area contributed by atoms with Crippen LogP contribution in [-0.4, -0.2) is 52.5 Å². The molecule has 0 radical (unpaired) electrons. The number of rotatable bonds is 5. The van der Waals surface area contributed by atoms with Gasteiger partial charge in [-0.1, -0.05) is 0 Å². The number of likely N-dealkylation sites (tertiary alicyclic amines) is 1. The SMILES string of the molecule is CCNc1ncc([N+](=O)[O-])c(NC2CCN(C)CC2)n1. The Bertz CT molecular complexity index is 473. The summed E-state index contributed by atoms with van der Waals surface area (Å²) in [7, 11) is 2.08. The number of anilines is 2. The fourth-order valence-electron chi connectivity index (χ4n) is 2.20. The van der Waals surface area contributed by atoms with Crippen molar-refractivity contribution >= 4 is 17.5 Å².